The molecule has 156 valence electrons. The van der Waals surface area contributed by atoms with Crippen molar-refractivity contribution in [1.82, 2.24) is 9.88 Å². The van der Waals surface area contributed by atoms with Gasteiger partial charge < -0.3 is 19.4 Å². The molecule has 9 heteroatoms. The number of halogens is 5. The van der Waals surface area contributed by atoms with Gasteiger partial charge in [0.1, 0.15) is 12.4 Å². The topological polar surface area (TPSA) is 35.4 Å². The highest BCUT2D eigenvalue weighted by Crippen LogP contribution is 2.35. The van der Waals surface area contributed by atoms with Crippen LogP contribution in [0.5, 0.6) is 11.5 Å². The lowest BCUT2D eigenvalue weighted by Gasteiger charge is -2.13. The van der Waals surface area contributed by atoms with Crippen LogP contribution < -0.4 is 14.8 Å². The molecule has 0 aliphatic heterocycles. The number of rotatable bonds is 7. The van der Waals surface area contributed by atoms with Crippen LogP contribution in [0.25, 0.3) is 10.9 Å². The predicted molar refractivity (Wildman–Crippen MR) is 103 cm³/mol. The van der Waals surface area contributed by atoms with Crippen molar-refractivity contribution in [3.8, 4) is 11.5 Å². The Hall–Kier alpha value is -2.45. The van der Waals surface area contributed by atoms with E-state index in [1.165, 1.54) is 18.2 Å². The second-order valence-electron chi connectivity index (χ2n) is 6.49. The Morgan fingerprint density at radius 2 is 1.93 bits per heavy atom. The van der Waals surface area contributed by atoms with Crippen LogP contribution >= 0.6 is 11.6 Å². The Morgan fingerprint density at radius 3 is 2.62 bits per heavy atom. The molecule has 0 bridgehead atoms. The first-order valence-electron chi connectivity index (χ1n) is 8.77. The van der Waals surface area contributed by atoms with Crippen LogP contribution in [0, 0.1) is 5.82 Å². The molecule has 0 saturated heterocycles. The summed E-state index contributed by atoms with van der Waals surface area (Å²) in [6.07, 6.45) is -2.29. The molecule has 3 aromatic rings. The number of ether oxygens (including phenoxy) is 2. The zero-order valence-electron chi connectivity index (χ0n) is 15.7. The maximum absolute atomic E-state index is 14.6. The van der Waals surface area contributed by atoms with E-state index in [0.717, 1.165) is 17.1 Å². The van der Waals surface area contributed by atoms with Crippen molar-refractivity contribution in [2.45, 2.75) is 19.4 Å². The molecule has 1 heterocycles. The number of benzene rings is 2. The fourth-order valence-electron chi connectivity index (χ4n) is 3.11. The summed E-state index contributed by atoms with van der Waals surface area (Å²) in [6.45, 7) is 0.548. The summed E-state index contributed by atoms with van der Waals surface area (Å²) in [7, 11) is 3.68. The number of alkyl halides is 3. The Kier molecular flexibility index (Phi) is 6.24. The number of nitrogens with one attached hydrogen (secondary N) is 1. The van der Waals surface area contributed by atoms with Crippen molar-refractivity contribution in [2.75, 3.05) is 13.6 Å². The van der Waals surface area contributed by atoms with E-state index >= 15 is 0 Å². The van der Waals surface area contributed by atoms with E-state index in [0.29, 0.717) is 23.9 Å². The molecule has 0 atom stereocenters. The fourth-order valence-corrected chi connectivity index (χ4v) is 3.26. The van der Waals surface area contributed by atoms with Gasteiger partial charge in [0.05, 0.1) is 10.5 Å². The number of aryl methyl sites for hydroxylation is 1. The second-order valence-corrected chi connectivity index (χ2v) is 6.90. The van der Waals surface area contributed by atoms with Gasteiger partial charge >= 0.3 is 6.36 Å². The normalized spacial score (nSPS) is 11.8. The second kappa shape index (κ2) is 8.51. The quantitative estimate of drug-likeness (QED) is 0.523. The molecule has 0 fully saturated rings. The van der Waals surface area contributed by atoms with Crippen molar-refractivity contribution < 1.29 is 27.0 Å². The van der Waals surface area contributed by atoms with Gasteiger partial charge in [0, 0.05) is 18.6 Å². The molecule has 2 aromatic carbocycles. The predicted octanol–water partition coefficient (Wildman–Crippen LogP) is 5.21. The molecule has 0 spiro atoms. The molecule has 0 aliphatic rings. The smallest absolute Gasteiger partial charge is 0.485 e. The van der Waals surface area contributed by atoms with Gasteiger partial charge in [0.15, 0.2) is 11.6 Å². The zero-order valence-corrected chi connectivity index (χ0v) is 16.5. The molecule has 0 saturated carbocycles. The summed E-state index contributed by atoms with van der Waals surface area (Å²) < 4.78 is 63.6. The first-order valence-corrected chi connectivity index (χ1v) is 9.15. The number of hydrogen-bond acceptors (Lipinski definition) is 3. The molecule has 4 nitrogen and oxygen atoms in total. The van der Waals surface area contributed by atoms with Crippen molar-refractivity contribution >= 4 is 22.5 Å². The van der Waals surface area contributed by atoms with Crippen LogP contribution in [0.1, 0.15) is 11.1 Å². The monoisotopic (exact) mass is 430 g/mol. The van der Waals surface area contributed by atoms with E-state index < -0.39 is 17.9 Å². The summed E-state index contributed by atoms with van der Waals surface area (Å²) in [5.74, 6) is -1.02. The van der Waals surface area contributed by atoms with E-state index in [1.54, 1.807) is 6.07 Å². The van der Waals surface area contributed by atoms with Gasteiger partial charge in [-0.2, -0.15) is 0 Å². The third kappa shape index (κ3) is 4.94. The minimum absolute atomic E-state index is 0.0578. The third-order valence-electron chi connectivity index (χ3n) is 4.39. The van der Waals surface area contributed by atoms with Gasteiger partial charge in [0.2, 0.25) is 0 Å². The number of aromatic nitrogens is 1. The Balaban J connectivity index is 1.91. The van der Waals surface area contributed by atoms with Gasteiger partial charge in [0.25, 0.3) is 0 Å². The number of nitrogens with zero attached hydrogens (tertiary/aromatic N) is 1. The van der Waals surface area contributed by atoms with E-state index in [2.05, 4.69) is 10.1 Å². The number of likely N-dealkylation sites (N-methyl/N-ethyl adjacent to an activating group) is 1. The maximum Gasteiger partial charge on any atom is 0.573 e. The van der Waals surface area contributed by atoms with Crippen LogP contribution in [-0.2, 0) is 20.1 Å². The van der Waals surface area contributed by atoms with Crippen LogP contribution in [-0.4, -0.2) is 24.5 Å². The molecule has 0 amide bonds. The Bertz CT molecular complexity index is 1020. The summed E-state index contributed by atoms with van der Waals surface area (Å²) >= 11 is 5.76. The van der Waals surface area contributed by atoms with Gasteiger partial charge in [-0.3, -0.25) is 0 Å². The fraction of sp³-hybridized carbons (Fsp3) is 0.300. The highest BCUT2D eigenvalue weighted by molar-refractivity contribution is 6.32. The van der Waals surface area contributed by atoms with E-state index in [1.807, 2.05) is 24.9 Å². The van der Waals surface area contributed by atoms with E-state index in [4.69, 9.17) is 16.3 Å². The first kappa shape index (κ1) is 21.3. The Labute approximate surface area is 170 Å². The van der Waals surface area contributed by atoms with Crippen molar-refractivity contribution in [1.29, 1.82) is 0 Å². The summed E-state index contributed by atoms with van der Waals surface area (Å²) in [5.41, 5.74) is 2.06. The summed E-state index contributed by atoms with van der Waals surface area (Å²) in [6, 6.07) is 6.87. The SMILES string of the molecule is CNCCc1cn(C)c2ccc(F)c(OCc3ccc(Cl)c(OC(F)(F)F)c3)c12. The largest absolute Gasteiger partial charge is 0.573 e. The minimum atomic E-state index is -4.87. The third-order valence-corrected chi connectivity index (χ3v) is 4.70. The lowest BCUT2D eigenvalue weighted by molar-refractivity contribution is -0.274. The maximum atomic E-state index is 14.6. The van der Waals surface area contributed by atoms with Crippen molar-refractivity contribution in [3.05, 3.63) is 58.5 Å². The minimum Gasteiger partial charge on any atom is -0.485 e. The molecule has 0 aliphatic carbocycles. The average molecular weight is 431 g/mol. The molecule has 0 unspecified atom stereocenters. The Morgan fingerprint density at radius 1 is 1.17 bits per heavy atom. The lowest BCUT2D eigenvalue weighted by atomic mass is 10.1. The lowest BCUT2D eigenvalue weighted by Crippen LogP contribution is -2.17. The van der Waals surface area contributed by atoms with Crippen LogP contribution in [0.15, 0.2) is 36.5 Å². The number of hydrogen-bond donors (Lipinski definition) is 1. The van der Waals surface area contributed by atoms with Crippen LogP contribution in [0.3, 0.4) is 0 Å². The van der Waals surface area contributed by atoms with E-state index in [9.17, 15) is 17.6 Å². The standard InChI is InChI=1S/C20H19ClF4N2O2/c1-26-8-7-13-10-27(2)16-6-5-15(22)19(18(13)16)28-11-12-3-4-14(21)17(9-12)29-20(23,24)25/h3-6,9-10,26H,7-8,11H2,1-2H3. The summed E-state index contributed by atoms with van der Waals surface area (Å²) in [5, 5.41) is 3.51. The highest BCUT2D eigenvalue weighted by Gasteiger charge is 2.32. The van der Waals surface area contributed by atoms with Gasteiger partial charge in [-0.1, -0.05) is 17.7 Å². The molecule has 1 aromatic heterocycles. The van der Waals surface area contributed by atoms with Crippen LogP contribution in [0.2, 0.25) is 5.02 Å². The van der Waals surface area contributed by atoms with Gasteiger partial charge in [-0.05, 0) is 55.4 Å². The highest BCUT2D eigenvalue weighted by atomic mass is 35.5. The average Bonchev–Trinajstić information content (AvgIpc) is 2.96. The molecule has 1 N–H and O–H groups in total. The molecule has 0 radical (unpaired) electrons. The molecule has 3 rings (SSSR count). The van der Waals surface area contributed by atoms with Crippen LogP contribution in [0.4, 0.5) is 17.6 Å². The van der Waals surface area contributed by atoms with Crippen molar-refractivity contribution in [3.63, 3.8) is 0 Å². The van der Waals surface area contributed by atoms with Gasteiger partial charge in [-0.25, -0.2) is 4.39 Å². The van der Waals surface area contributed by atoms with E-state index in [-0.39, 0.29) is 17.4 Å². The first-order chi connectivity index (χ1) is 13.7. The van der Waals surface area contributed by atoms with Crippen molar-refractivity contribution in [2.24, 2.45) is 7.05 Å². The molecular weight excluding hydrogens is 412 g/mol. The molecular formula is C20H19ClF4N2O2. The molecule has 29 heavy (non-hydrogen) atoms. The summed E-state index contributed by atoms with van der Waals surface area (Å²) in [4.78, 5) is 0. The number of fused-ring (bicyclic) bond motifs is 1. The zero-order chi connectivity index (χ0) is 21.2. The van der Waals surface area contributed by atoms with Gasteiger partial charge in [-0.15, -0.1) is 13.2 Å².